The number of ketones is 1. The summed E-state index contributed by atoms with van der Waals surface area (Å²) < 4.78 is 11.1. The van der Waals surface area contributed by atoms with Crippen LogP contribution in [-0.4, -0.2) is 47.6 Å². The van der Waals surface area contributed by atoms with Crippen LogP contribution in [0.25, 0.3) is 5.76 Å². The van der Waals surface area contributed by atoms with Crippen molar-refractivity contribution in [3.63, 3.8) is 0 Å². The molecule has 1 amide bonds. The summed E-state index contributed by atoms with van der Waals surface area (Å²) in [5.41, 5.74) is 1.21. The molecule has 0 unspecified atom stereocenters. The first-order valence-corrected chi connectivity index (χ1v) is 10.8. The van der Waals surface area contributed by atoms with Gasteiger partial charge in [0, 0.05) is 23.7 Å². The summed E-state index contributed by atoms with van der Waals surface area (Å²) in [5.74, 6) is -0.893. The molecule has 6 nitrogen and oxygen atoms in total. The van der Waals surface area contributed by atoms with Crippen molar-refractivity contribution in [2.45, 2.75) is 31.9 Å². The van der Waals surface area contributed by atoms with E-state index in [9.17, 15) is 14.7 Å². The molecule has 1 N–H and O–H groups in total. The Morgan fingerprint density at radius 3 is 2.48 bits per heavy atom. The third kappa shape index (κ3) is 4.31. The number of hydrogen-bond acceptors (Lipinski definition) is 5. The minimum Gasteiger partial charge on any atom is -0.507 e. The highest BCUT2D eigenvalue weighted by atomic mass is 35.5. The fourth-order valence-electron chi connectivity index (χ4n) is 4.10. The number of amides is 1. The van der Waals surface area contributed by atoms with Gasteiger partial charge in [0.05, 0.1) is 24.3 Å². The van der Waals surface area contributed by atoms with Crippen molar-refractivity contribution in [3.05, 3.63) is 70.3 Å². The van der Waals surface area contributed by atoms with E-state index in [-0.39, 0.29) is 24.0 Å². The number of likely N-dealkylation sites (tertiary alicyclic amines) is 1. The summed E-state index contributed by atoms with van der Waals surface area (Å²) in [6, 6.07) is 13.0. The summed E-state index contributed by atoms with van der Waals surface area (Å²) in [7, 11) is 0. The van der Waals surface area contributed by atoms with E-state index in [1.165, 1.54) is 4.90 Å². The van der Waals surface area contributed by atoms with Gasteiger partial charge in [0.2, 0.25) is 0 Å². The predicted molar refractivity (Wildman–Crippen MR) is 117 cm³/mol. The summed E-state index contributed by atoms with van der Waals surface area (Å²) in [4.78, 5) is 27.5. The largest absolute Gasteiger partial charge is 0.507 e. The second kappa shape index (κ2) is 9.12. The Kier molecular flexibility index (Phi) is 6.30. The highest BCUT2D eigenvalue weighted by Gasteiger charge is 2.47. The van der Waals surface area contributed by atoms with Crippen LogP contribution in [0, 0.1) is 0 Å². The molecule has 2 saturated heterocycles. The van der Waals surface area contributed by atoms with E-state index in [1.54, 1.807) is 48.5 Å². The first-order chi connectivity index (χ1) is 15.0. The second-order valence-electron chi connectivity index (χ2n) is 7.60. The van der Waals surface area contributed by atoms with Gasteiger partial charge in [-0.25, -0.2) is 0 Å². The molecule has 2 aromatic carbocycles. The maximum atomic E-state index is 13.0. The van der Waals surface area contributed by atoms with Crippen molar-refractivity contribution in [1.82, 2.24) is 4.90 Å². The lowest BCUT2D eigenvalue weighted by atomic mass is 9.95. The monoisotopic (exact) mass is 441 g/mol. The van der Waals surface area contributed by atoms with Crippen molar-refractivity contribution in [1.29, 1.82) is 0 Å². The fourth-order valence-corrected chi connectivity index (χ4v) is 4.22. The maximum Gasteiger partial charge on any atom is 0.295 e. The Hall–Kier alpha value is -2.83. The first kappa shape index (κ1) is 21.4. The average molecular weight is 442 g/mol. The molecule has 0 aliphatic carbocycles. The number of aliphatic hydroxyl groups is 1. The van der Waals surface area contributed by atoms with Crippen LogP contribution in [0.2, 0.25) is 5.02 Å². The average Bonchev–Trinajstić information content (AvgIpc) is 3.37. The number of ether oxygens (including phenoxy) is 2. The molecule has 0 radical (unpaired) electrons. The van der Waals surface area contributed by atoms with Crippen LogP contribution in [0.5, 0.6) is 5.75 Å². The van der Waals surface area contributed by atoms with Gasteiger partial charge in [0.15, 0.2) is 0 Å². The topological polar surface area (TPSA) is 76.1 Å². The highest BCUT2D eigenvalue weighted by molar-refractivity contribution is 6.46. The molecule has 2 fully saturated rings. The maximum absolute atomic E-state index is 13.0. The number of aliphatic hydroxyl groups excluding tert-OH is 1. The molecule has 0 bridgehead atoms. The van der Waals surface area contributed by atoms with Gasteiger partial charge in [-0.1, -0.05) is 23.7 Å². The van der Waals surface area contributed by atoms with Gasteiger partial charge in [-0.15, -0.1) is 0 Å². The van der Waals surface area contributed by atoms with Gasteiger partial charge in [-0.3, -0.25) is 9.59 Å². The van der Waals surface area contributed by atoms with Gasteiger partial charge in [0.25, 0.3) is 11.7 Å². The fraction of sp³-hybridized carbons (Fsp3) is 0.333. The molecule has 2 aliphatic rings. The van der Waals surface area contributed by atoms with Crippen LogP contribution >= 0.6 is 11.6 Å². The van der Waals surface area contributed by atoms with E-state index in [4.69, 9.17) is 21.1 Å². The van der Waals surface area contributed by atoms with E-state index in [0.717, 1.165) is 12.8 Å². The molecule has 162 valence electrons. The third-order valence-corrected chi connectivity index (χ3v) is 5.84. The van der Waals surface area contributed by atoms with E-state index >= 15 is 0 Å². The Labute approximate surface area is 186 Å². The second-order valence-corrected chi connectivity index (χ2v) is 8.03. The Morgan fingerprint density at radius 2 is 1.87 bits per heavy atom. The van der Waals surface area contributed by atoms with Crippen LogP contribution in [0.1, 0.15) is 36.9 Å². The number of carbonyl (C=O) groups excluding carboxylic acids is 2. The summed E-state index contributed by atoms with van der Waals surface area (Å²) in [6.07, 6.45) is 1.63. The van der Waals surface area contributed by atoms with Crippen LogP contribution in [0.4, 0.5) is 0 Å². The van der Waals surface area contributed by atoms with Crippen molar-refractivity contribution in [2.24, 2.45) is 0 Å². The summed E-state index contributed by atoms with van der Waals surface area (Å²) in [5, 5.41) is 11.6. The van der Waals surface area contributed by atoms with Gasteiger partial charge in [-0.05, 0) is 61.7 Å². The molecule has 0 aromatic heterocycles. The zero-order valence-electron chi connectivity index (χ0n) is 17.2. The molecule has 2 aliphatic heterocycles. The number of benzene rings is 2. The van der Waals surface area contributed by atoms with Crippen LogP contribution in [0.15, 0.2) is 54.1 Å². The predicted octanol–water partition coefficient (Wildman–Crippen LogP) is 4.34. The number of rotatable bonds is 6. The zero-order valence-corrected chi connectivity index (χ0v) is 18.0. The lowest BCUT2D eigenvalue weighted by molar-refractivity contribution is -0.140. The van der Waals surface area contributed by atoms with Crippen LogP contribution in [-0.2, 0) is 14.3 Å². The number of hydrogen-bond donors (Lipinski definition) is 1. The van der Waals surface area contributed by atoms with E-state index in [2.05, 4.69) is 0 Å². The van der Waals surface area contributed by atoms with Crippen molar-refractivity contribution < 1.29 is 24.2 Å². The van der Waals surface area contributed by atoms with Crippen molar-refractivity contribution in [3.8, 4) is 5.75 Å². The van der Waals surface area contributed by atoms with E-state index in [0.29, 0.717) is 35.1 Å². The highest BCUT2D eigenvalue weighted by Crippen LogP contribution is 2.40. The summed E-state index contributed by atoms with van der Waals surface area (Å²) in [6.45, 7) is 3.34. The third-order valence-electron chi connectivity index (χ3n) is 5.59. The molecule has 2 heterocycles. The van der Waals surface area contributed by atoms with Gasteiger partial charge in [-0.2, -0.15) is 0 Å². The van der Waals surface area contributed by atoms with Crippen molar-refractivity contribution in [2.75, 3.05) is 19.8 Å². The molecule has 2 atom stereocenters. The number of carbonyl (C=O) groups is 2. The minimum absolute atomic E-state index is 0.0643. The van der Waals surface area contributed by atoms with Gasteiger partial charge >= 0.3 is 0 Å². The Morgan fingerprint density at radius 1 is 1.16 bits per heavy atom. The van der Waals surface area contributed by atoms with Crippen LogP contribution in [0.3, 0.4) is 0 Å². The molecule has 4 rings (SSSR count). The zero-order chi connectivity index (χ0) is 22.0. The molecule has 0 spiro atoms. The molecule has 0 saturated carbocycles. The first-order valence-electron chi connectivity index (χ1n) is 10.4. The molecule has 2 aromatic rings. The number of halogens is 1. The summed E-state index contributed by atoms with van der Waals surface area (Å²) >= 11 is 6.04. The number of nitrogens with zero attached hydrogens (tertiary/aromatic N) is 1. The standard InChI is InChI=1S/C24H24ClNO5/c1-2-30-18-11-7-16(8-12-18)22(27)20-21(15-5-9-17(25)10-6-15)26(24(29)23(20)28)14-19-4-3-13-31-19/h5-12,19,21,27H,2-4,13-14H2,1H3/t19-,21+/m0/s1. The molecule has 31 heavy (non-hydrogen) atoms. The quantitative estimate of drug-likeness (QED) is 0.410. The lowest BCUT2D eigenvalue weighted by Gasteiger charge is -2.27. The minimum atomic E-state index is -0.715. The van der Waals surface area contributed by atoms with Gasteiger partial charge < -0.3 is 19.5 Å². The SMILES string of the molecule is CCOc1ccc(C(O)=C2C(=O)C(=O)N(C[C@@H]3CCCO3)[C@@H]2c2ccc(Cl)cc2)cc1. The Balaban J connectivity index is 1.77. The number of Topliss-reactive ketones (excluding diaryl/α,β-unsaturated/α-hetero) is 1. The smallest absolute Gasteiger partial charge is 0.295 e. The molecular weight excluding hydrogens is 418 g/mol. The van der Waals surface area contributed by atoms with Crippen LogP contribution < -0.4 is 4.74 Å². The van der Waals surface area contributed by atoms with Gasteiger partial charge in [0.1, 0.15) is 11.5 Å². The van der Waals surface area contributed by atoms with E-state index in [1.807, 2.05) is 6.92 Å². The van der Waals surface area contributed by atoms with E-state index < -0.39 is 17.7 Å². The normalized spacial score (nSPS) is 22.8. The lowest BCUT2D eigenvalue weighted by Crippen LogP contribution is -2.36. The molecule has 7 heteroatoms. The molecular formula is C24H24ClNO5. The Bertz CT molecular complexity index is 994. The van der Waals surface area contributed by atoms with Crippen molar-refractivity contribution >= 4 is 29.1 Å².